The van der Waals surface area contributed by atoms with E-state index in [1.807, 2.05) is 13.0 Å². The number of nitrogens with one attached hydrogen (secondary N) is 1. The Morgan fingerprint density at radius 3 is 2.49 bits per heavy atom. The fourth-order valence-electron chi connectivity index (χ4n) is 3.58. The van der Waals surface area contributed by atoms with Gasteiger partial charge in [0.2, 0.25) is 21.8 Å². The first-order valence-corrected chi connectivity index (χ1v) is 13.4. The largest absolute Gasteiger partial charge is 0.497 e. The molecule has 0 spiro atoms. The molecule has 0 saturated heterocycles. The molecule has 1 N–H and O–H groups in total. The standard InChI is InChI=1S/C25H34FN3O5S/c1-5-15-27-25(31)19(2)28(18-20-10-8-11-21(17-20)34-3)24(30)14-9-16-29(35(4,32)33)23-13-7-6-12-22(23)26/h6-8,10-13,17,19H,5,9,14-16,18H2,1-4H3,(H,27,31)/t19-/m1/s1. The van der Waals surface area contributed by atoms with Crippen LogP contribution in [0.15, 0.2) is 48.5 Å². The Kier molecular flexibility index (Phi) is 10.5. The summed E-state index contributed by atoms with van der Waals surface area (Å²) >= 11 is 0. The van der Waals surface area contributed by atoms with E-state index in [1.54, 1.807) is 38.3 Å². The van der Waals surface area contributed by atoms with Crippen LogP contribution in [-0.2, 0) is 26.2 Å². The molecule has 1 atom stereocenters. The van der Waals surface area contributed by atoms with Crippen molar-refractivity contribution in [3.63, 3.8) is 0 Å². The number of nitrogens with zero attached hydrogens (tertiary/aromatic N) is 2. The lowest BCUT2D eigenvalue weighted by molar-refractivity contribution is -0.140. The first-order chi connectivity index (χ1) is 16.6. The van der Waals surface area contributed by atoms with Crippen LogP contribution in [0, 0.1) is 5.82 Å². The topological polar surface area (TPSA) is 96.0 Å². The van der Waals surface area contributed by atoms with E-state index >= 15 is 0 Å². The van der Waals surface area contributed by atoms with Crippen molar-refractivity contribution < 1.29 is 27.1 Å². The van der Waals surface area contributed by atoms with Crippen molar-refractivity contribution in [3.8, 4) is 5.75 Å². The second-order valence-electron chi connectivity index (χ2n) is 8.23. The van der Waals surface area contributed by atoms with E-state index in [-0.39, 0.29) is 43.4 Å². The van der Waals surface area contributed by atoms with E-state index in [4.69, 9.17) is 4.74 Å². The van der Waals surface area contributed by atoms with E-state index in [0.717, 1.165) is 22.5 Å². The van der Waals surface area contributed by atoms with Gasteiger partial charge >= 0.3 is 0 Å². The summed E-state index contributed by atoms with van der Waals surface area (Å²) in [4.78, 5) is 27.3. The number of para-hydroxylation sites is 1. The van der Waals surface area contributed by atoms with Gasteiger partial charge < -0.3 is 15.0 Å². The fraction of sp³-hybridized carbons (Fsp3) is 0.440. The quantitative estimate of drug-likeness (QED) is 0.449. The number of benzene rings is 2. The summed E-state index contributed by atoms with van der Waals surface area (Å²) in [6, 6.07) is 12.1. The first-order valence-electron chi connectivity index (χ1n) is 11.5. The zero-order chi connectivity index (χ0) is 26.0. The third kappa shape index (κ3) is 8.24. The van der Waals surface area contributed by atoms with Crippen molar-refractivity contribution in [2.45, 2.75) is 45.7 Å². The molecule has 2 aromatic carbocycles. The van der Waals surface area contributed by atoms with Crippen molar-refractivity contribution in [2.24, 2.45) is 0 Å². The highest BCUT2D eigenvalue weighted by Crippen LogP contribution is 2.22. The van der Waals surface area contributed by atoms with E-state index < -0.39 is 21.9 Å². The lowest BCUT2D eigenvalue weighted by Crippen LogP contribution is -2.47. The van der Waals surface area contributed by atoms with Gasteiger partial charge in [-0.05, 0) is 49.6 Å². The summed E-state index contributed by atoms with van der Waals surface area (Å²) in [5.41, 5.74) is 0.722. The molecule has 0 aliphatic rings. The van der Waals surface area contributed by atoms with Crippen LogP contribution in [0.1, 0.15) is 38.7 Å². The van der Waals surface area contributed by atoms with Crippen molar-refractivity contribution in [1.29, 1.82) is 0 Å². The minimum absolute atomic E-state index is 0.0180. The molecule has 0 radical (unpaired) electrons. The molecule has 10 heteroatoms. The van der Waals surface area contributed by atoms with Crippen LogP contribution in [0.4, 0.5) is 10.1 Å². The normalized spacial score (nSPS) is 12.0. The monoisotopic (exact) mass is 507 g/mol. The molecule has 0 fully saturated rings. The molecule has 0 aliphatic heterocycles. The van der Waals surface area contributed by atoms with Crippen LogP contribution < -0.4 is 14.4 Å². The number of methoxy groups -OCH3 is 1. The van der Waals surface area contributed by atoms with Gasteiger partial charge in [0.15, 0.2) is 0 Å². The van der Waals surface area contributed by atoms with Crippen molar-refractivity contribution in [3.05, 3.63) is 59.9 Å². The smallest absolute Gasteiger partial charge is 0.242 e. The molecule has 8 nitrogen and oxygen atoms in total. The summed E-state index contributed by atoms with van der Waals surface area (Å²) in [7, 11) is -2.22. The van der Waals surface area contributed by atoms with E-state index in [2.05, 4.69) is 5.32 Å². The molecule has 0 saturated carbocycles. The summed E-state index contributed by atoms with van der Waals surface area (Å²) < 4.78 is 45.0. The fourth-order valence-corrected chi connectivity index (χ4v) is 4.55. The zero-order valence-electron chi connectivity index (χ0n) is 20.7. The third-order valence-corrected chi connectivity index (χ3v) is 6.66. The van der Waals surface area contributed by atoms with Gasteiger partial charge in [-0.2, -0.15) is 0 Å². The number of amides is 2. The predicted molar refractivity (Wildman–Crippen MR) is 134 cm³/mol. The molecule has 0 aromatic heterocycles. The van der Waals surface area contributed by atoms with Crippen LogP contribution >= 0.6 is 0 Å². The summed E-state index contributed by atoms with van der Waals surface area (Å²) in [5, 5.41) is 2.81. The lowest BCUT2D eigenvalue weighted by Gasteiger charge is -2.29. The molecule has 2 rings (SSSR count). The third-order valence-electron chi connectivity index (χ3n) is 5.48. The van der Waals surface area contributed by atoms with Gasteiger partial charge in [-0.25, -0.2) is 12.8 Å². The highest BCUT2D eigenvalue weighted by Gasteiger charge is 2.27. The molecule has 0 unspecified atom stereocenters. The van der Waals surface area contributed by atoms with Gasteiger partial charge in [-0.15, -0.1) is 0 Å². The van der Waals surface area contributed by atoms with E-state index in [1.165, 1.54) is 23.1 Å². The van der Waals surface area contributed by atoms with Gasteiger partial charge in [-0.3, -0.25) is 13.9 Å². The molecule has 2 amide bonds. The predicted octanol–water partition coefficient (Wildman–Crippen LogP) is 3.32. The highest BCUT2D eigenvalue weighted by atomic mass is 32.2. The maximum atomic E-state index is 14.2. The van der Waals surface area contributed by atoms with Crippen LogP contribution in [0.5, 0.6) is 5.75 Å². The summed E-state index contributed by atoms with van der Waals surface area (Å²) in [6.07, 6.45) is 1.89. The van der Waals surface area contributed by atoms with Gasteiger partial charge in [0, 0.05) is 26.1 Å². The molecule has 192 valence electrons. The van der Waals surface area contributed by atoms with Crippen molar-refractivity contribution >= 4 is 27.5 Å². The number of halogens is 1. The Labute approximate surface area is 207 Å². The molecule has 0 heterocycles. The van der Waals surface area contributed by atoms with E-state index in [0.29, 0.717) is 12.3 Å². The first kappa shape index (κ1) is 28.1. The van der Waals surface area contributed by atoms with Gasteiger partial charge in [0.1, 0.15) is 17.6 Å². The Morgan fingerprint density at radius 1 is 1.14 bits per heavy atom. The van der Waals surface area contributed by atoms with Crippen molar-refractivity contribution in [2.75, 3.05) is 30.8 Å². The Hall–Kier alpha value is -3.14. The molecular formula is C25H34FN3O5S. The van der Waals surface area contributed by atoms with Gasteiger partial charge in [0.05, 0.1) is 19.1 Å². The molecule has 0 aliphatic carbocycles. The van der Waals surface area contributed by atoms with Crippen molar-refractivity contribution in [1.82, 2.24) is 10.2 Å². The average molecular weight is 508 g/mol. The average Bonchev–Trinajstić information content (AvgIpc) is 2.83. The SMILES string of the molecule is CCCNC(=O)[C@@H](C)N(Cc1cccc(OC)c1)C(=O)CCCN(c1ccccc1F)S(C)(=O)=O. The minimum atomic E-state index is -3.76. The maximum absolute atomic E-state index is 14.2. The Balaban J connectivity index is 2.18. The number of sulfonamides is 1. The highest BCUT2D eigenvalue weighted by molar-refractivity contribution is 7.92. The molecule has 2 aromatic rings. The summed E-state index contributed by atoms with van der Waals surface area (Å²) in [6.45, 7) is 4.20. The van der Waals surface area contributed by atoms with Crippen LogP contribution in [0.25, 0.3) is 0 Å². The van der Waals surface area contributed by atoms with Crippen LogP contribution in [-0.4, -0.2) is 57.6 Å². The Bertz CT molecular complexity index is 1110. The second-order valence-corrected chi connectivity index (χ2v) is 10.1. The van der Waals surface area contributed by atoms with Crippen LogP contribution in [0.2, 0.25) is 0 Å². The Morgan fingerprint density at radius 2 is 1.86 bits per heavy atom. The number of hydrogen-bond donors (Lipinski definition) is 1. The van der Waals surface area contributed by atoms with E-state index in [9.17, 15) is 22.4 Å². The number of hydrogen-bond acceptors (Lipinski definition) is 5. The number of carbonyl (C=O) groups excluding carboxylic acids is 2. The van der Waals surface area contributed by atoms with Gasteiger partial charge in [-0.1, -0.05) is 31.2 Å². The lowest BCUT2D eigenvalue weighted by atomic mass is 10.1. The second kappa shape index (κ2) is 13.1. The zero-order valence-corrected chi connectivity index (χ0v) is 21.5. The summed E-state index contributed by atoms with van der Waals surface area (Å²) in [5.74, 6) is -0.613. The number of carbonyl (C=O) groups is 2. The molecule has 35 heavy (non-hydrogen) atoms. The molecular weight excluding hydrogens is 473 g/mol. The number of rotatable bonds is 13. The number of anilines is 1. The number of ether oxygens (including phenoxy) is 1. The minimum Gasteiger partial charge on any atom is -0.497 e. The van der Waals surface area contributed by atoms with Crippen LogP contribution in [0.3, 0.4) is 0 Å². The van der Waals surface area contributed by atoms with Gasteiger partial charge in [0.25, 0.3) is 0 Å². The maximum Gasteiger partial charge on any atom is 0.242 e. The molecule has 0 bridgehead atoms.